The normalized spacial score (nSPS) is 15.1. The first-order valence-corrected chi connectivity index (χ1v) is 7.96. The molecule has 2 aromatic heterocycles. The fraction of sp³-hybridized carbons (Fsp3) is 0.263. The molecule has 2 heterocycles. The zero-order valence-corrected chi connectivity index (χ0v) is 13.1. The minimum Gasteiger partial charge on any atom is -0.437 e. The van der Waals surface area contributed by atoms with E-state index in [1.165, 1.54) is 18.4 Å². The predicted molar refractivity (Wildman–Crippen MR) is 93.4 cm³/mol. The first-order chi connectivity index (χ1) is 11.1. The van der Waals surface area contributed by atoms with Gasteiger partial charge < -0.3 is 10.2 Å². The van der Waals surface area contributed by atoms with Gasteiger partial charge in [0, 0.05) is 0 Å². The maximum atomic E-state index is 12.8. The Morgan fingerprint density at radius 1 is 1.17 bits per heavy atom. The van der Waals surface area contributed by atoms with Gasteiger partial charge in [-0.1, -0.05) is 12.1 Å². The molecular formula is C19H18N2O2. The number of hydrogen-bond donors (Lipinski definition) is 1. The first-order valence-electron chi connectivity index (χ1n) is 7.96. The standard InChI is InChI=1S/C19H18N2O2/c1-11-9-15-17(22)14-10-13(12-5-3-2-4-6-12)7-8-16(14)23-19(15)21-18(11)20/h5,7-10H,2-4,6H2,1H3,(H2,20,21). The van der Waals surface area contributed by atoms with E-state index in [0.717, 1.165) is 24.0 Å². The number of rotatable bonds is 1. The highest BCUT2D eigenvalue weighted by molar-refractivity contribution is 5.91. The van der Waals surface area contributed by atoms with Crippen LogP contribution in [0.5, 0.6) is 0 Å². The smallest absolute Gasteiger partial charge is 0.232 e. The minimum absolute atomic E-state index is 0.0462. The third kappa shape index (κ3) is 2.31. The molecule has 0 spiro atoms. The van der Waals surface area contributed by atoms with Crippen LogP contribution in [0.3, 0.4) is 0 Å². The molecule has 23 heavy (non-hydrogen) atoms. The van der Waals surface area contributed by atoms with Crippen LogP contribution < -0.4 is 11.2 Å². The molecule has 2 N–H and O–H groups in total. The average Bonchev–Trinajstić information content (AvgIpc) is 2.58. The summed E-state index contributed by atoms with van der Waals surface area (Å²) in [6.45, 7) is 1.84. The number of nitrogens with two attached hydrogens (primary N) is 1. The summed E-state index contributed by atoms with van der Waals surface area (Å²) in [5.74, 6) is 0.393. The molecule has 1 aliphatic carbocycles. The maximum Gasteiger partial charge on any atom is 0.232 e. The minimum atomic E-state index is -0.0462. The Labute approximate surface area is 133 Å². The van der Waals surface area contributed by atoms with E-state index in [1.807, 2.05) is 25.1 Å². The number of anilines is 1. The van der Waals surface area contributed by atoms with Crippen LogP contribution in [0.25, 0.3) is 27.6 Å². The van der Waals surface area contributed by atoms with Crippen LogP contribution in [0.15, 0.2) is 39.6 Å². The van der Waals surface area contributed by atoms with Crippen LogP contribution in [0.2, 0.25) is 0 Å². The third-order valence-electron chi connectivity index (χ3n) is 4.55. The second-order valence-electron chi connectivity index (χ2n) is 6.16. The largest absolute Gasteiger partial charge is 0.437 e. The molecule has 0 aliphatic heterocycles. The molecule has 0 amide bonds. The van der Waals surface area contributed by atoms with E-state index in [4.69, 9.17) is 10.2 Å². The molecule has 1 aromatic carbocycles. The first kappa shape index (κ1) is 14.0. The summed E-state index contributed by atoms with van der Waals surface area (Å²) in [6, 6.07) is 7.59. The quantitative estimate of drug-likeness (QED) is 0.684. The zero-order valence-electron chi connectivity index (χ0n) is 13.1. The van der Waals surface area contributed by atoms with Gasteiger partial charge in [-0.25, -0.2) is 0 Å². The van der Waals surface area contributed by atoms with Crippen molar-refractivity contribution in [1.82, 2.24) is 4.98 Å². The van der Waals surface area contributed by atoms with Gasteiger partial charge in [0.25, 0.3) is 0 Å². The summed E-state index contributed by atoms with van der Waals surface area (Å²) in [4.78, 5) is 17.0. The molecular weight excluding hydrogens is 288 g/mol. The lowest BCUT2D eigenvalue weighted by Gasteiger charge is -2.13. The third-order valence-corrected chi connectivity index (χ3v) is 4.55. The van der Waals surface area contributed by atoms with E-state index in [1.54, 1.807) is 6.07 Å². The molecule has 4 heteroatoms. The van der Waals surface area contributed by atoms with Crippen LogP contribution in [0.1, 0.15) is 36.8 Å². The molecule has 0 saturated heterocycles. The number of benzene rings is 1. The van der Waals surface area contributed by atoms with Gasteiger partial charge in [0.2, 0.25) is 11.1 Å². The Balaban J connectivity index is 1.99. The number of pyridine rings is 1. The van der Waals surface area contributed by atoms with Crippen LogP contribution >= 0.6 is 0 Å². The van der Waals surface area contributed by atoms with Crippen LogP contribution in [0.4, 0.5) is 5.82 Å². The van der Waals surface area contributed by atoms with Gasteiger partial charge >= 0.3 is 0 Å². The van der Waals surface area contributed by atoms with Crippen LogP contribution in [-0.4, -0.2) is 4.98 Å². The molecule has 0 bridgehead atoms. The number of hydrogen-bond acceptors (Lipinski definition) is 4. The maximum absolute atomic E-state index is 12.8. The lowest BCUT2D eigenvalue weighted by Crippen LogP contribution is -2.06. The van der Waals surface area contributed by atoms with E-state index >= 15 is 0 Å². The molecule has 0 unspecified atom stereocenters. The predicted octanol–water partition coefficient (Wildman–Crippen LogP) is 4.19. The Hall–Kier alpha value is -2.62. The summed E-state index contributed by atoms with van der Waals surface area (Å²) in [6.07, 6.45) is 6.91. The van der Waals surface area contributed by atoms with Gasteiger partial charge in [-0.2, -0.15) is 4.98 Å². The fourth-order valence-corrected chi connectivity index (χ4v) is 3.20. The molecule has 1 aliphatic rings. The highest BCUT2D eigenvalue weighted by Crippen LogP contribution is 2.29. The van der Waals surface area contributed by atoms with Gasteiger partial charge in [0.05, 0.1) is 10.8 Å². The van der Waals surface area contributed by atoms with Gasteiger partial charge in [-0.05, 0) is 67.5 Å². The van der Waals surface area contributed by atoms with Crippen molar-refractivity contribution < 1.29 is 4.42 Å². The Kier molecular flexibility index (Phi) is 3.18. The Morgan fingerprint density at radius 3 is 2.83 bits per heavy atom. The van der Waals surface area contributed by atoms with E-state index in [9.17, 15) is 4.79 Å². The molecule has 0 radical (unpaired) electrons. The number of nitrogen functional groups attached to an aromatic ring is 1. The molecule has 0 saturated carbocycles. The summed E-state index contributed by atoms with van der Waals surface area (Å²) < 4.78 is 5.79. The Morgan fingerprint density at radius 2 is 2.04 bits per heavy atom. The van der Waals surface area contributed by atoms with Gasteiger partial charge in [0.15, 0.2) is 0 Å². The lowest BCUT2D eigenvalue weighted by atomic mass is 9.93. The number of nitrogens with zero attached hydrogens (tertiary/aromatic N) is 1. The topological polar surface area (TPSA) is 69.1 Å². The zero-order chi connectivity index (χ0) is 16.0. The molecule has 4 rings (SSSR count). The summed E-state index contributed by atoms with van der Waals surface area (Å²) in [5, 5.41) is 1.09. The molecule has 4 nitrogen and oxygen atoms in total. The van der Waals surface area contributed by atoms with Gasteiger partial charge in [0.1, 0.15) is 11.4 Å². The lowest BCUT2D eigenvalue weighted by molar-refractivity contribution is 0.645. The SMILES string of the molecule is Cc1cc2c(=O)c3cc(C4=CCCCC4)ccc3oc2nc1N. The van der Waals surface area contributed by atoms with Crippen molar-refractivity contribution in [3.8, 4) is 0 Å². The van der Waals surface area contributed by atoms with E-state index in [2.05, 4.69) is 11.1 Å². The molecule has 3 aromatic rings. The number of fused-ring (bicyclic) bond motifs is 2. The molecule has 0 atom stereocenters. The number of aromatic nitrogens is 1. The highest BCUT2D eigenvalue weighted by Gasteiger charge is 2.13. The molecule has 116 valence electrons. The van der Waals surface area contributed by atoms with Crippen molar-refractivity contribution >= 4 is 33.5 Å². The van der Waals surface area contributed by atoms with Crippen LogP contribution in [0, 0.1) is 6.92 Å². The van der Waals surface area contributed by atoms with Gasteiger partial charge in [-0.15, -0.1) is 0 Å². The van der Waals surface area contributed by atoms with E-state index in [-0.39, 0.29) is 5.43 Å². The van der Waals surface area contributed by atoms with Crippen molar-refractivity contribution in [2.45, 2.75) is 32.6 Å². The van der Waals surface area contributed by atoms with Crippen molar-refractivity contribution in [3.05, 3.63) is 51.7 Å². The Bertz CT molecular complexity index is 1020. The fourth-order valence-electron chi connectivity index (χ4n) is 3.20. The van der Waals surface area contributed by atoms with Crippen molar-refractivity contribution in [2.75, 3.05) is 5.73 Å². The van der Waals surface area contributed by atoms with Crippen molar-refractivity contribution in [1.29, 1.82) is 0 Å². The average molecular weight is 306 g/mol. The number of aryl methyl sites for hydroxylation is 1. The second-order valence-corrected chi connectivity index (χ2v) is 6.16. The number of allylic oxidation sites excluding steroid dienone is 2. The summed E-state index contributed by atoms with van der Waals surface area (Å²) in [5.41, 5.74) is 9.86. The van der Waals surface area contributed by atoms with Crippen LogP contribution in [-0.2, 0) is 0 Å². The second kappa shape index (κ2) is 5.23. The van der Waals surface area contributed by atoms with E-state index in [0.29, 0.717) is 27.9 Å². The van der Waals surface area contributed by atoms with Crippen molar-refractivity contribution in [2.24, 2.45) is 0 Å². The highest BCUT2D eigenvalue weighted by atomic mass is 16.3. The van der Waals surface area contributed by atoms with Gasteiger partial charge in [-0.3, -0.25) is 4.79 Å². The van der Waals surface area contributed by atoms with E-state index < -0.39 is 0 Å². The summed E-state index contributed by atoms with van der Waals surface area (Å²) in [7, 11) is 0. The molecule has 0 fully saturated rings. The van der Waals surface area contributed by atoms with Crippen molar-refractivity contribution in [3.63, 3.8) is 0 Å². The summed E-state index contributed by atoms with van der Waals surface area (Å²) >= 11 is 0. The monoisotopic (exact) mass is 306 g/mol.